The lowest BCUT2D eigenvalue weighted by Gasteiger charge is -2.13. The summed E-state index contributed by atoms with van der Waals surface area (Å²) in [6.45, 7) is 17.9. The van der Waals surface area contributed by atoms with Gasteiger partial charge in [0.05, 0.1) is 30.4 Å². The van der Waals surface area contributed by atoms with Gasteiger partial charge in [-0.2, -0.15) is 0 Å². The molecule has 0 aliphatic carbocycles. The van der Waals surface area contributed by atoms with Crippen LogP contribution < -0.4 is 0 Å². The van der Waals surface area contributed by atoms with Crippen LogP contribution in [0.4, 0.5) is 0 Å². The van der Waals surface area contributed by atoms with Gasteiger partial charge in [0, 0.05) is 41.5 Å². The Kier molecular flexibility index (Phi) is 5.17. The summed E-state index contributed by atoms with van der Waals surface area (Å²) >= 11 is 7.41. The molecule has 5 rings (SSSR count). The third-order valence-electron chi connectivity index (χ3n) is 5.44. The predicted molar refractivity (Wildman–Crippen MR) is 146 cm³/mol. The molecule has 166 valence electrons. The van der Waals surface area contributed by atoms with E-state index in [0.29, 0.717) is 0 Å². The zero-order chi connectivity index (χ0) is 23.0. The van der Waals surface area contributed by atoms with Gasteiger partial charge < -0.3 is 0 Å². The van der Waals surface area contributed by atoms with E-state index in [4.69, 9.17) is 9.97 Å². The standard InChI is InChI=1S/C26H28N2S4/c1-13-9-11-15(29-13)17-19-22(32-23(27-19)25(3,4)5)18(16-12-10-14(2)30-16)20-21(17)31-24(28-20)26(6,7)8/h9-12H,1-8H3. The van der Waals surface area contributed by atoms with Crippen molar-refractivity contribution in [2.75, 3.05) is 0 Å². The molecule has 32 heavy (non-hydrogen) atoms. The highest BCUT2D eigenvalue weighted by molar-refractivity contribution is 7.23. The number of fused-ring (bicyclic) bond motifs is 2. The zero-order valence-electron chi connectivity index (χ0n) is 19.8. The van der Waals surface area contributed by atoms with Crippen LogP contribution in [0, 0.1) is 13.8 Å². The molecule has 0 bridgehead atoms. The minimum absolute atomic E-state index is 0.00633. The Balaban J connectivity index is 2.00. The van der Waals surface area contributed by atoms with Crippen molar-refractivity contribution in [1.82, 2.24) is 9.97 Å². The Labute approximate surface area is 206 Å². The molecule has 2 nitrogen and oxygen atoms in total. The Hall–Kier alpha value is -1.60. The van der Waals surface area contributed by atoms with Crippen LogP contribution in [0.3, 0.4) is 0 Å². The van der Waals surface area contributed by atoms with Crippen molar-refractivity contribution in [1.29, 1.82) is 0 Å². The molecule has 5 aromatic rings. The molecule has 0 N–H and O–H groups in total. The van der Waals surface area contributed by atoms with Gasteiger partial charge in [-0.1, -0.05) is 41.5 Å². The summed E-state index contributed by atoms with van der Waals surface area (Å²) in [5.41, 5.74) is 4.83. The topological polar surface area (TPSA) is 25.8 Å². The summed E-state index contributed by atoms with van der Waals surface area (Å²) in [5.74, 6) is 0. The number of aromatic nitrogens is 2. The van der Waals surface area contributed by atoms with Crippen LogP contribution in [0.15, 0.2) is 24.3 Å². The second kappa shape index (κ2) is 7.45. The summed E-state index contributed by atoms with van der Waals surface area (Å²) in [5, 5.41) is 2.37. The van der Waals surface area contributed by atoms with E-state index in [2.05, 4.69) is 79.7 Å². The number of benzene rings is 1. The number of hydrogen-bond acceptors (Lipinski definition) is 6. The van der Waals surface area contributed by atoms with Gasteiger partial charge in [0.1, 0.15) is 0 Å². The summed E-state index contributed by atoms with van der Waals surface area (Å²) in [4.78, 5) is 15.8. The molecule has 0 radical (unpaired) electrons. The molecular formula is C26H28N2S4. The summed E-state index contributed by atoms with van der Waals surface area (Å²) in [6.07, 6.45) is 0. The Morgan fingerprint density at radius 1 is 0.562 bits per heavy atom. The predicted octanol–water partition coefficient (Wildman–Crippen LogP) is 9.57. The van der Waals surface area contributed by atoms with Crippen LogP contribution in [-0.4, -0.2) is 9.97 Å². The third kappa shape index (κ3) is 3.65. The van der Waals surface area contributed by atoms with E-state index in [1.54, 1.807) is 0 Å². The smallest absolute Gasteiger partial charge is 0.0992 e. The van der Waals surface area contributed by atoms with E-state index >= 15 is 0 Å². The third-order valence-corrected chi connectivity index (χ3v) is 10.5. The maximum absolute atomic E-state index is 5.29. The Morgan fingerprint density at radius 3 is 1.22 bits per heavy atom. The summed E-state index contributed by atoms with van der Waals surface area (Å²) in [7, 11) is 0. The van der Waals surface area contributed by atoms with E-state index in [1.807, 2.05) is 45.3 Å². The molecule has 0 spiro atoms. The minimum atomic E-state index is 0.00633. The van der Waals surface area contributed by atoms with E-state index in [9.17, 15) is 0 Å². The van der Waals surface area contributed by atoms with Crippen LogP contribution in [-0.2, 0) is 10.8 Å². The molecule has 0 saturated heterocycles. The molecule has 4 heterocycles. The molecule has 1 aromatic carbocycles. The zero-order valence-corrected chi connectivity index (χ0v) is 23.1. The fraction of sp³-hybridized carbons (Fsp3) is 0.385. The second-order valence-electron chi connectivity index (χ2n) is 10.5. The Morgan fingerprint density at radius 2 is 0.938 bits per heavy atom. The van der Waals surface area contributed by atoms with Crippen molar-refractivity contribution in [2.45, 2.75) is 66.2 Å². The van der Waals surface area contributed by atoms with Gasteiger partial charge in [0.2, 0.25) is 0 Å². The lowest BCUT2D eigenvalue weighted by atomic mass is 9.98. The van der Waals surface area contributed by atoms with Crippen molar-refractivity contribution in [3.63, 3.8) is 0 Å². The van der Waals surface area contributed by atoms with Gasteiger partial charge in [-0.25, -0.2) is 9.97 Å². The fourth-order valence-electron chi connectivity index (χ4n) is 3.77. The maximum Gasteiger partial charge on any atom is 0.0992 e. The lowest BCUT2D eigenvalue weighted by Crippen LogP contribution is -2.10. The van der Waals surface area contributed by atoms with Crippen LogP contribution in [0.5, 0.6) is 0 Å². The number of aryl methyl sites for hydroxylation is 2. The second-order valence-corrected chi connectivity index (χ2v) is 15.0. The number of hydrogen-bond donors (Lipinski definition) is 0. The molecule has 0 atom stereocenters. The molecule has 0 amide bonds. The average Bonchev–Trinajstić information content (AvgIpc) is 3.43. The monoisotopic (exact) mass is 496 g/mol. The fourth-order valence-corrected chi connectivity index (χ4v) is 8.12. The highest BCUT2D eigenvalue weighted by Crippen LogP contribution is 2.51. The molecule has 0 aliphatic rings. The van der Waals surface area contributed by atoms with Gasteiger partial charge in [0.15, 0.2) is 0 Å². The average molecular weight is 497 g/mol. The molecule has 0 saturated carbocycles. The number of thiophene rings is 2. The van der Waals surface area contributed by atoms with Gasteiger partial charge in [-0.05, 0) is 38.1 Å². The maximum atomic E-state index is 5.29. The van der Waals surface area contributed by atoms with Gasteiger partial charge >= 0.3 is 0 Å². The van der Waals surface area contributed by atoms with E-state index in [-0.39, 0.29) is 10.8 Å². The van der Waals surface area contributed by atoms with Crippen LogP contribution >= 0.6 is 45.3 Å². The molecule has 0 aliphatic heterocycles. The lowest BCUT2D eigenvalue weighted by molar-refractivity contribution is 0.587. The number of nitrogens with zero attached hydrogens (tertiary/aromatic N) is 2. The Bertz CT molecular complexity index is 1300. The highest BCUT2D eigenvalue weighted by Gasteiger charge is 2.29. The highest BCUT2D eigenvalue weighted by atomic mass is 32.1. The van der Waals surface area contributed by atoms with Crippen LogP contribution in [0.1, 0.15) is 61.3 Å². The molecule has 0 fully saturated rings. The first kappa shape index (κ1) is 22.2. The van der Waals surface area contributed by atoms with Crippen LogP contribution in [0.2, 0.25) is 0 Å². The number of thiazole rings is 2. The van der Waals surface area contributed by atoms with E-state index < -0.39 is 0 Å². The normalized spacial score (nSPS) is 13.0. The van der Waals surface area contributed by atoms with Gasteiger partial charge in [-0.15, -0.1) is 45.3 Å². The van der Waals surface area contributed by atoms with Crippen molar-refractivity contribution < 1.29 is 0 Å². The SMILES string of the molecule is Cc1ccc(-c2c3nc(C(C)(C)C)sc3c(-c3ccc(C)s3)c3nc(C(C)(C)C)sc23)s1. The molecule has 6 heteroatoms. The van der Waals surface area contributed by atoms with Crippen molar-refractivity contribution in [2.24, 2.45) is 0 Å². The first-order valence-electron chi connectivity index (χ1n) is 10.8. The van der Waals surface area contributed by atoms with Crippen LogP contribution in [0.25, 0.3) is 41.3 Å². The molecule has 4 aromatic heterocycles. The summed E-state index contributed by atoms with van der Waals surface area (Å²) in [6, 6.07) is 8.96. The summed E-state index contributed by atoms with van der Waals surface area (Å²) < 4.78 is 2.55. The molecular weight excluding hydrogens is 469 g/mol. The largest absolute Gasteiger partial charge is 0.240 e. The quantitative estimate of drug-likeness (QED) is 0.243. The molecule has 0 unspecified atom stereocenters. The van der Waals surface area contributed by atoms with E-state index in [0.717, 1.165) is 11.0 Å². The first-order valence-corrected chi connectivity index (χ1v) is 14.1. The van der Waals surface area contributed by atoms with Gasteiger partial charge in [-0.3, -0.25) is 0 Å². The van der Waals surface area contributed by atoms with Gasteiger partial charge in [0.25, 0.3) is 0 Å². The van der Waals surface area contributed by atoms with E-state index in [1.165, 1.54) is 50.1 Å². The first-order chi connectivity index (χ1) is 14.9. The minimum Gasteiger partial charge on any atom is -0.240 e. The number of rotatable bonds is 2. The van der Waals surface area contributed by atoms with Crippen molar-refractivity contribution in [3.8, 4) is 20.9 Å². The van der Waals surface area contributed by atoms with Crippen molar-refractivity contribution in [3.05, 3.63) is 44.0 Å². The van der Waals surface area contributed by atoms with Crippen molar-refractivity contribution >= 4 is 65.8 Å².